The van der Waals surface area contributed by atoms with Crippen molar-refractivity contribution in [2.45, 2.75) is 33.6 Å². The molecular formula is C18H21NO. The summed E-state index contributed by atoms with van der Waals surface area (Å²) in [7, 11) is 0. The summed E-state index contributed by atoms with van der Waals surface area (Å²) in [5, 5.41) is 2.97. The lowest BCUT2D eigenvalue weighted by molar-refractivity contribution is -0.116. The molecule has 0 atom stereocenters. The molecule has 2 aromatic rings. The molecule has 0 fully saturated rings. The molecule has 0 spiro atoms. The van der Waals surface area contributed by atoms with E-state index in [2.05, 4.69) is 42.6 Å². The summed E-state index contributed by atoms with van der Waals surface area (Å²) >= 11 is 0. The molecule has 0 unspecified atom stereocenters. The third-order valence-corrected chi connectivity index (χ3v) is 3.27. The molecule has 0 bridgehead atoms. The largest absolute Gasteiger partial charge is 0.326 e. The molecule has 0 aliphatic rings. The van der Waals surface area contributed by atoms with Crippen molar-refractivity contribution in [2.75, 3.05) is 5.32 Å². The highest BCUT2D eigenvalue weighted by molar-refractivity contribution is 5.91. The van der Waals surface area contributed by atoms with E-state index in [1.807, 2.05) is 26.0 Å². The van der Waals surface area contributed by atoms with Crippen molar-refractivity contribution in [3.8, 4) is 0 Å². The monoisotopic (exact) mass is 267 g/mol. The molecule has 0 saturated carbocycles. The lowest BCUT2D eigenvalue weighted by Crippen LogP contribution is -2.12. The van der Waals surface area contributed by atoms with Crippen LogP contribution in [0.3, 0.4) is 0 Å². The summed E-state index contributed by atoms with van der Waals surface area (Å²) in [6, 6.07) is 14.4. The second-order valence-corrected chi connectivity index (χ2v) is 5.41. The molecule has 20 heavy (non-hydrogen) atoms. The molecule has 2 heteroatoms. The van der Waals surface area contributed by atoms with E-state index >= 15 is 0 Å². The summed E-state index contributed by atoms with van der Waals surface area (Å²) in [5.41, 5.74) is 5.66. The first kappa shape index (κ1) is 14.3. The Morgan fingerprint density at radius 3 is 2.10 bits per heavy atom. The smallest absolute Gasteiger partial charge is 0.224 e. The highest BCUT2D eigenvalue weighted by atomic mass is 16.1. The van der Waals surface area contributed by atoms with Crippen LogP contribution in [-0.2, 0) is 11.2 Å². The van der Waals surface area contributed by atoms with Gasteiger partial charge in [0.05, 0.1) is 0 Å². The van der Waals surface area contributed by atoms with Gasteiger partial charge < -0.3 is 5.32 Å². The van der Waals surface area contributed by atoms with Crippen LogP contribution in [0, 0.1) is 20.8 Å². The lowest BCUT2D eigenvalue weighted by Gasteiger charge is -2.08. The van der Waals surface area contributed by atoms with Gasteiger partial charge >= 0.3 is 0 Å². The van der Waals surface area contributed by atoms with Crippen molar-refractivity contribution in [1.29, 1.82) is 0 Å². The van der Waals surface area contributed by atoms with E-state index in [1.54, 1.807) is 0 Å². The molecular weight excluding hydrogens is 246 g/mol. The average molecular weight is 267 g/mol. The van der Waals surface area contributed by atoms with Crippen LogP contribution in [0.25, 0.3) is 0 Å². The summed E-state index contributed by atoms with van der Waals surface area (Å²) in [4.78, 5) is 12.0. The number of amides is 1. The molecule has 0 aliphatic heterocycles. The van der Waals surface area contributed by atoms with Gasteiger partial charge in [-0.3, -0.25) is 4.79 Å². The lowest BCUT2D eigenvalue weighted by atomic mass is 10.1. The zero-order chi connectivity index (χ0) is 14.5. The number of benzene rings is 2. The van der Waals surface area contributed by atoms with E-state index in [9.17, 15) is 4.79 Å². The molecule has 0 aromatic heterocycles. The number of anilines is 1. The Morgan fingerprint density at radius 2 is 1.50 bits per heavy atom. The maximum atomic E-state index is 12.0. The molecule has 1 N–H and O–H groups in total. The Hall–Kier alpha value is -2.09. The fourth-order valence-electron chi connectivity index (χ4n) is 2.28. The van der Waals surface area contributed by atoms with Gasteiger partial charge in [-0.25, -0.2) is 0 Å². The van der Waals surface area contributed by atoms with Crippen LogP contribution in [0.5, 0.6) is 0 Å². The molecule has 104 valence electrons. The highest BCUT2D eigenvalue weighted by Crippen LogP contribution is 2.14. The first-order valence-electron chi connectivity index (χ1n) is 6.96. The Balaban J connectivity index is 1.90. The number of aryl methyl sites for hydroxylation is 4. The molecule has 2 rings (SSSR count). The molecule has 1 amide bonds. The van der Waals surface area contributed by atoms with E-state index in [-0.39, 0.29) is 5.91 Å². The zero-order valence-corrected chi connectivity index (χ0v) is 12.4. The average Bonchev–Trinajstić information content (AvgIpc) is 2.37. The van der Waals surface area contributed by atoms with Gasteiger partial charge in [0.1, 0.15) is 0 Å². The van der Waals surface area contributed by atoms with Crippen LogP contribution in [0.1, 0.15) is 28.7 Å². The van der Waals surface area contributed by atoms with Gasteiger partial charge in [-0.15, -0.1) is 0 Å². The third-order valence-electron chi connectivity index (χ3n) is 3.27. The van der Waals surface area contributed by atoms with E-state index in [0.717, 1.165) is 12.1 Å². The second-order valence-electron chi connectivity index (χ2n) is 5.41. The molecule has 0 heterocycles. The molecule has 0 radical (unpaired) electrons. The number of rotatable bonds is 4. The fraction of sp³-hybridized carbons (Fsp3) is 0.278. The summed E-state index contributed by atoms with van der Waals surface area (Å²) in [5.74, 6) is 0.0653. The van der Waals surface area contributed by atoms with Crippen LogP contribution in [0.15, 0.2) is 42.5 Å². The number of carbonyl (C=O) groups is 1. The van der Waals surface area contributed by atoms with Crippen molar-refractivity contribution in [3.05, 3.63) is 64.7 Å². The Morgan fingerprint density at radius 1 is 0.900 bits per heavy atom. The number of nitrogens with one attached hydrogen (secondary N) is 1. The maximum Gasteiger partial charge on any atom is 0.224 e. The SMILES string of the molecule is Cc1ccc(CCC(=O)Nc2cc(C)cc(C)c2)cc1. The summed E-state index contributed by atoms with van der Waals surface area (Å²) in [6.45, 7) is 6.14. The minimum atomic E-state index is 0.0653. The summed E-state index contributed by atoms with van der Waals surface area (Å²) in [6.07, 6.45) is 1.28. The standard InChI is InChI=1S/C18H21NO/c1-13-4-6-16(7-5-13)8-9-18(20)19-17-11-14(2)10-15(3)12-17/h4-7,10-12H,8-9H2,1-3H3,(H,19,20). The van der Waals surface area contributed by atoms with Crippen LogP contribution in [0.4, 0.5) is 5.69 Å². The zero-order valence-electron chi connectivity index (χ0n) is 12.4. The maximum absolute atomic E-state index is 12.0. The van der Waals surface area contributed by atoms with Gasteiger partial charge in [-0.05, 0) is 56.0 Å². The summed E-state index contributed by atoms with van der Waals surface area (Å²) < 4.78 is 0. The van der Waals surface area contributed by atoms with E-state index in [0.29, 0.717) is 6.42 Å². The van der Waals surface area contributed by atoms with Crippen LogP contribution >= 0.6 is 0 Å². The number of hydrogen-bond donors (Lipinski definition) is 1. The molecule has 0 saturated heterocycles. The van der Waals surface area contributed by atoms with Crippen LogP contribution in [-0.4, -0.2) is 5.91 Å². The van der Waals surface area contributed by atoms with Crippen molar-refractivity contribution in [3.63, 3.8) is 0 Å². The van der Waals surface area contributed by atoms with E-state index in [4.69, 9.17) is 0 Å². The van der Waals surface area contributed by atoms with Crippen molar-refractivity contribution >= 4 is 11.6 Å². The van der Waals surface area contributed by atoms with Gasteiger partial charge in [0.2, 0.25) is 5.91 Å². The second kappa shape index (κ2) is 6.38. The Labute approximate surface area is 120 Å². The van der Waals surface area contributed by atoms with Gasteiger partial charge in [0.25, 0.3) is 0 Å². The Bertz CT molecular complexity index is 579. The normalized spacial score (nSPS) is 10.3. The van der Waals surface area contributed by atoms with Crippen LogP contribution < -0.4 is 5.32 Å². The Kier molecular flexibility index (Phi) is 4.57. The van der Waals surface area contributed by atoms with Crippen molar-refractivity contribution in [2.24, 2.45) is 0 Å². The van der Waals surface area contributed by atoms with Gasteiger partial charge in [0.15, 0.2) is 0 Å². The predicted molar refractivity (Wildman–Crippen MR) is 84.0 cm³/mol. The van der Waals surface area contributed by atoms with Gasteiger partial charge in [0, 0.05) is 12.1 Å². The molecule has 0 aliphatic carbocycles. The minimum Gasteiger partial charge on any atom is -0.326 e. The molecule has 2 nitrogen and oxygen atoms in total. The first-order valence-corrected chi connectivity index (χ1v) is 6.96. The third kappa shape index (κ3) is 4.23. The van der Waals surface area contributed by atoms with Gasteiger partial charge in [-0.1, -0.05) is 35.9 Å². The number of hydrogen-bond acceptors (Lipinski definition) is 1. The predicted octanol–water partition coefficient (Wildman–Crippen LogP) is 4.18. The fourth-order valence-corrected chi connectivity index (χ4v) is 2.28. The van der Waals surface area contributed by atoms with E-state index < -0.39 is 0 Å². The quantitative estimate of drug-likeness (QED) is 0.884. The first-order chi connectivity index (χ1) is 9.52. The van der Waals surface area contributed by atoms with Gasteiger partial charge in [-0.2, -0.15) is 0 Å². The molecule has 2 aromatic carbocycles. The van der Waals surface area contributed by atoms with Crippen molar-refractivity contribution < 1.29 is 4.79 Å². The van der Waals surface area contributed by atoms with Crippen molar-refractivity contribution in [1.82, 2.24) is 0 Å². The highest BCUT2D eigenvalue weighted by Gasteiger charge is 2.04. The minimum absolute atomic E-state index is 0.0653. The number of carbonyl (C=O) groups excluding carboxylic acids is 1. The van der Waals surface area contributed by atoms with E-state index in [1.165, 1.54) is 22.3 Å². The topological polar surface area (TPSA) is 29.1 Å². The van der Waals surface area contributed by atoms with Crippen LogP contribution in [0.2, 0.25) is 0 Å².